The molecule has 0 spiro atoms. The van der Waals surface area contributed by atoms with Crippen LogP contribution < -0.4 is 15.4 Å². The summed E-state index contributed by atoms with van der Waals surface area (Å²) in [5.74, 6) is 1.10. The normalized spacial score (nSPS) is 11.3. The van der Waals surface area contributed by atoms with E-state index in [1.165, 1.54) is 12.1 Å². The first kappa shape index (κ1) is 21.3. The Labute approximate surface area is 178 Å². The number of pyridine rings is 1. The first-order valence-corrected chi connectivity index (χ1v) is 10.8. The van der Waals surface area contributed by atoms with Crippen molar-refractivity contribution in [1.82, 2.24) is 19.9 Å². The lowest BCUT2D eigenvalue weighted by molar-refractivity contribution is 0.583. The molecule has 0 unspecified atom stereocenters. The van der Waals surface area contributed by atoms with Gasteiger partial charge in [-0.25, -0.2) is 13.1 Å². The number of aryl methyl sites for hydroxylation is 1. The largest absolute Gasteiger partial charge is 0.367 e. The van der Waals surface area contributed by atoms with Crippen molar-refractivity contribution in [3.63, 3.8) is 0 Å². The zero-order chi connectivity index (χ0) is 20.9. The Bertz CT molecular complexity index is 1080. The summed E-state index contributed by atoms with van der Waals surface area (Å²) in [6, 6.07) is 9.99. The summed E-state index contributed by atoms with van der Waals surface area (Å²) in [5.41, 5.74) is 1.48. The molecule has 0 saturated heterocycles. The molecule has 3 N–H and O–H groups in total. The van der Waals surface area contributed by atoms with Gasteiger partial charge in [-0.3, -0.25) is 4.98 Å². The van der Waals surface area contributed by atoms with Gasteiger partial charge in [-0.2, -0.15) is 0 Å². The topological polar surface area (TPSA) is 109 Å². The fourth-order valence-electron chi connectivity index (χ4n) is 2.37. The lowest BCUT2D eigenvalue weighted by atomic mass is 10.2. The monoisotopic (exact) mass is 452 g/mol. The van der Waals surface area contributed by atoms with Crippen molar-refractivity contribution >= 4 is 50.5 Å². The second-order valence-corrected chi connectivity index (χ2v) is 8.57. The van der Waals surface area contributed by atoms with Crippen molar-refractivity contribution in [2.45, 2.75) is 11.8 Å². The molecule has 0 radical (unpaired) electrons. The van der Waals surface area contributed by atoms with Crippen LogP contribution in [-0.2, 0) is 10.0 Å². The molecule has 152 valence electrons. The van der Waals surface area contributed by atoms with Crippen molar-refractivity contribution in [1.29, 1.82) is 0 Å². The highest BCUT2D eigenvalue weighted by Crippen LogP contribution is 2.28. The predicted octanol–water partition coefficient (Wildman–Crippen LogP) is 3.62. The molecule has 1 aromatic carbocycles. The standard InChI is InChI=1S/C18H18Cl2N6O2S/c1-12-10-16(15(20)11-14(12)19)29(27,28)23-9-8-22-17-2-3-18(26-25-17)24-13-4-6-21-7-5-13/h2-7,10-11,23H,8-9H2,1H3,(H,22,25)(H,21,24,26). The van der Waals surface area contributed by atoms with Crippen LogP contribution in [0.5, 0.6) is 0 Å². The van der Waals surface area contributed by atoms with Gasteiger partial charge in [-0.05, 0) is 48.9 Å². The van der Waals surface area contributed by atoms with Crippen LogP contribution in [0.2, 0.25) is 10.0 Å². The molecule has 0 aliphatic carbocycles. The Morgan fingerprint density at radius 3 is 2.31 bits per heavy atom. The number of aromatic nitrogens is 3. The molecule has 3 aromatic rings. The molecule has 29 heavy (non-hydrogen) atoms. The minimum absolute atomic E-state index is 0.00704. The molecule has 2 heterocycles. The highest BCUT2D eigenvalue weighted by atomic mass is 35.5. The number of halogens is 2. The second-order valence-electron chi connectivity index (χ2n) is 6.02. The fourth-order valence-corrected chi connectivity index (χ4v) is 4.23. The third kappa shape index (κ3) is 5.77. The summed E-state index contributed by atoms with van der Waals surface area (Å²) >= 11 is 12.0. The molecule has 0 saturated carbocycles. The van der Waals surface area contributed by atoms with Crippen LogP contribution in [0, 0.1) is 6.92 Å². The summed E-state index contributed by atoms with van der Waals surface area (Å²) in [4.78, 5) is 3.94. The lowest BCUT2D eigenvalue weighted by Gasteiger charge is -2.11. The van der Waals surface area contributed by atoms with E-state index in [2.05, 4.69) is 30.5 Å². The molecular formula is C18H18Cl2N6O2S. The van der Waals surface area contributed by atoms with E-state index >= 15 is 0 Å². The first-order valence-electron chi connectivity index (χ1n) is 8.55. The van der Waals surface area contributed by atoms with E-state index < -0.39 is 10.0 Å². The number of nitrogens with one attached hydrogen (secondary N) is 3. The van der Waals surface area contributed by atoms with Gasteiger partial charge in [0.2, 0.25) is 10.0 Å². The minimum Gasteiger partial charge on any atom is -0.367 e. The van der Waals surface area contributed by atoms with Crippen LogP contribution in [0.1, 0.15) is 5.56 Å². The van der Waals surface area contributed by atoms with Gasteiger partial charge in [0.25, 0.3) is 0 Å². The Hall–Kier alpha value is -2.46. The zero-order valence-corrected chi connectivity index (χ0v) is 17.7. The Morgan fingerprint density at radius 2 is 1.62 bits per heavy atom. The van der Waals surface area contributed by atoms with Gasteiger partial charge in [-0.1, -0.05) is 23.2 Å². The molecule has 8 nitrogen and oxygen atoms in total. The molecule has 0 aliphatic heterocycles. The molecule has 3 rings (SSSR count). The Morgan fingerprint density at radius 1 is 0.931 bits per heavy atom. The van der Waals surface area contributed by atoms with E-state index in [0.717, 1.165) is 5.69 Å². The number of hydrogen-bond donors (Lipinski definition) is 3. The molecule has 11 heteroatoms. The van der Waals surface area contributed by atoms with E-state index in [1.54, 1.807) is 31.5 Å². The van der Waals surface area contributed by atoms with Gasteiger partial charge >= 0.3 is 0 Å². The summed E-state index contributed by atoms with van der Waals surface area (Å²) in [7, 11) is -3.76. The molecule has 0 bridgehead atoms. The van der Waals surface area contributed by atoms with Gasteiger partial charge in [0, 0.05) is 36.2 Å². The SMILES string of the molecule is Cc1cc(S(=O)(=O)NCCNc2ccc(Nc3ccncc3)nn2)c(Cl)cc1Cl. The van der Waals surface area contributed by atoms with Crippen molar-refractivity contribution in [2.75, 3.05) is 23.7 Å². The molecule has 0 fully saturated rings. The third-order valence-electron chi connectivity index (χ3n) is 3.84. The number of anilines is 3. The van der Waals surface area contributed by atoms with Gasteiger partial charge in [0.15, 0.2) is 5.82 Å². The van der Waals surface area contributed by atoms with Crippen LogP contribution in [0.3, 0.4) is 0 Å². The van der Waals surface area contributed by atoms with Crippen molar-refractivity contribution in [2.24, 2.45) is 0 Å². The summed E-state index contributed by atoms with van der Waals surface area (Å²) in [6.45, 7) is 2.17. The Balaban J connectivity index is 1.52. The predicted molar refractivity (Wildman–Crippen MR) is 114 cm³/mol. The fraction of sp³-hybridized carbons (Fsp3) is 0.167. The van der Waals surface area contributed by atoms with Crippen LogP contribution in [-0.4, -0.2) is 36.7 Å². The number of hydrogen-bond acceptors (Lipinski definition) is 7. The van der Waals surface area contributed by atoms with E-state index in [1.807, 2.05) is 12.1 Å². The molecule has 0 amide bonds. The van der Waals surface area contributed by atoms with Crippen molar-refractivity contribution in [3.05, 3.63) is 64.4 Å². The first-order chi connectivity index (χ1) is 13.8. The Kier molecular flexibility index (Phi) is 6.86. The van der Waals surface area contributed by atoms with Crippen LogP contribution in [0.25, 0.3) is 0 Å². The highest BCUT2D eigenvalue weighted by Gasteiger charge is 2.18. The van der Waals surface area contributed by atoms with Crippen molar-refractivity contribution in [3.8, 4) is 0 Å². The maximum absolute atomic E-state index is 12.4. The highest BCUT2D eigenvalue weighted by molar-refractivity contribution is 7.89. The molecule has 0 atom stereocenters. The van der Waals surface area contributed by atoms with Crippen LogP contribution in [0.4, 0.5) is 17.3 Å². The van der Waals surface area contributed by atoms with Gasteiger partial charge in [0.1, 0.15) is 10.7 Å². The third-order valence-corrected chi connectivity index (χ3v) is 6.18. The summed E-state index contributed by atoms with van der Waals surface area (Å²) in [6.07, 6.45) is 3.34. The van der Waals surface area contributed by atoms with Crippen LogP contribution in [0.15, 0.2) is 53.7 Å². The van der Waals surface area contributed by atoms with Crippen LogP contribution >= 0.6 is 23.2 Å². The minimum atomic E-state index is -3.76. The number of benzene rings is 1. The van der Waals surface area contributed by atoms with Gasteiger partial charge < -0.3 is 10.6 Å². The average molecular weight is 453 g/mol. The van der Waals surface area contributed by atoms with Gasteiger partial charge in [-0.15, -0.1) is 10.2 Å². The summed E-state index contributed by atoms with van der Waals surface area (Å²) in [5, 5.41) is 14.7. The van der Waals surface area contributed by atoms with Gasteiger partial charge in [0.05, 0.1) is 5.02 Å². The lowest BCUT2D eigenvalue weighted by Crippen LogP contribution is -2.29. The maximum atomic E-state index is 12.4. The van der Waals surface area contributed by atoms with E-state index in [0.29, 0.717) is 28.8 Å². The molecule has 2 aromatic heterocycles. The number of nitrogens with zero attached hydrogens (tertiary/aromatic N) is 3. The number of rotatable bonds is 8. The van der Waals surface area contributed by atoms with Crippen molar-refractivity contribution < 1.29 is 8.42 Å². The zero-order valence-electron chi connectivity index (χ0n) is 15.4. The number of sulfonamides is 1. The smallest absolute Gasteiger partial charge is 0.242 e. The van der Waals surface area contributed by atoms with E-state index in [4.69, 9.17) is 23.2 Å². The van der Waals surface area contributed by atoms with E-state index in [-0.39, 0.29) is 16.5 Å². The average Bonchev–Trinajstić information content (AvgIpc) is 2.70. The maximum Gasteiger partial charge on any atom is 0.242 e. The molecular weight excluding hydrogens is 435 g/mol. The summed E-state index contributed by atoms with van der Waals surface area (Å²) < 4.78 is 27.4. The second kappa shape index (κ2) is 9.36. The molecule has 0 aliphatic rings. The van der Waals surface area contributed by atoms with E-state index in [9.17, 15) is 8.42 Å². The quantitative estimate of drug-likeness (QED) is 0.447.